The maximum absolute atomic E-state index is 12.0. The summed E-state index contributed by atoms with van der Waals surface area (Å²) in [5.74, 6) is 5.78. The topological polar surface area (TPSA) is 167 Å². The summed E-state index contributed by atoms with van der Waals surface area (Å²) >= 11 is 1.02. The molecule has 0 aliphatic heterocycles. The highest BCUT2D eigenvalue weighted by atomic mass is 32.2. The number of carbonyl (C=O) groups is 2. The van der Waals surface area contributed by atoms with E-state index >= 15 is 0 Å². The standard InChI is InChI=1S/C18H17N7O5S/c1-30-14-7-5-11(6-8-14)16-21-23-18(24(16)19)31-10-15(26)20-22-17(27)12-3-2-4-13(9-12)25(28)29/h2-9H,10,19H2,1H3,(H,20,26)(H,22,27). The Hall–Kier alpha value is -4.13. The number of hydrogen-bond acceptors (Lipinski definition) is 9. The van der Waals surface area contributed by atoms with Crippen LogP contribution in [-0.4, -0.2) is 44.5 Å². The van der Waals surface area contributed by atoms with Gasteiger partial charge in [0.15, 0.2) is 5.82 Å². The summed E-state index contributed by atoms with van der Waals surface area (Å²) < 4.78 is 6.36. The van der Waals surface area contributed by atoms with Gasteiger partial charge in [0.25, 0.3) is 11.6 Å². The molecule has 160 valence electrons. The van der Waals surface area contributed by atoms with Crippen LogP contribution in [0.15, 0.2) is 53.7 Å². The predicted molar refractivity (Wildman–Crippen MR) is 112 cm³/mol. The van der Waals surface area contributed by atoms with Crippen LogP contribution in [0.5, 0.6) is 5.75 Å². The van der Waals surface area contributed by atoms with Gasteiger partial charge in [-0.05, 0) is 30.3 Å². The quantitative estimate of drug-likeness (QED) is 0.210. The van der Waals surface area contributed by atoms with E-state index in [0.29, 0.717) is 16.7 Å². The first kappa shape index (κ1) is 21.6. The van der Waals surface area contributed by atoms with E-state index < -0.39 is 16.7 Å². The summed E-state index contributed by atoms with van der Waals surface area (Å²) in [6, 6.07) is 12.2. The van der Waals surface area contributed by atoms with Gasteiger partial charge >= 0.3 is 0 Å². The van der Waals surface area contributed by atoms with Gasteiger partial charge in [-0.25, -0.2) is 4.68 Å². The van der Waals surface area contributed by atoms with Crippen molar-refractivity contribution in [3.05, 3.63) is 64.2 Å². The Balaban J connectivity index is 1.54. The highest BCUT2D eigenvalue weighted by Gasteiger charge is 2.15. The molecule has 0 fully saturated rings. The molecule has 0 saturated heterocycles. The second kappa shape index (κ2) is 9.58. The van der Waals surface area contributed by atoms with Gasteiger partial charge in [0.1, 0.15) is 5.75 Å². The molecule has 0 unspecified atom stereocenters. The lowest BCUT2D eigenvalue weighted by molar-refractivity contribution is -0.384. The molecule has 0 spiro atoms. The van der Waals surface area contributed by atoms with Gasteiger partial charge in [0, 0.05) is 23.3 Å². The zero-order valence-electron chi connectivity index (χ0n) is 16.1. The van der Waals surface area contributed by atoms with Gasteiger partial charge in [-0.1, -0.05) is 17.8 Å². The van der Waals surface area contributed by atoms with Crippen molar-refractivity contribution in [1.29, 1.82) is 0 Å². The van der Waals surface area contributed by atoms with Crippen LogP contribution in [0.25, 0.3) is 11.4 Å². The highest BCUT2D eigenvalue weighted by molar-refractivity contribution is 7.99. The second-order valence-electron chi connectivity index (χ2n) is 6.00. The van der Waals surface area contributed by atoms with Crippen LogP contribution in [0, 0.1) is 10.1 Å². The zero-order valence-corrected chi connectivity index (χ0v) is 17.0. The van der Waals surface area contributed by atoms with Crippen LogP contribution in [0.4, 0.5) is 5.69 Å². The van der Waals surface area contributed by atoms with E-state index in [0.717, 1.165) is 23.4 Å². The van der Waals surface area contributed by atoms with Crippen molar-refractivity contribution in [1.82, 2.24) is 25.7 Å². The van der Waals surface area contributed by atoms with Gasteiger partial charge in [-0.15, -0.1) is 10.2 Å². The lowest BCUT2D eigenvalue weighted by Crippen LogP contribution is -2.42. The first-order valence-electron chi connectivity index (χ1n) is 8.70. The Morgan fingerprint density at radius 3 is 2.61 bits per heavy atom. The van der Waals surface area contributed by atoms with E-state index in [1.54, 1.807) is 31.4 Å². The van der Waals surface area contributed by atoms with Gasteiger partial charge in [0.2, 0.25) is 11.1 Å². The largest absolute Gasteiger partial charge is 0.497 e. The lowest BCUT2D eigenvalue weighted by Gasteiger charge is -2.07. The number of nitrogen functional groups attached to an aromatic ring is 1. The van der Waals surface area contributed by atoms with Crippen molar-refractivity contribution in [2.24, 2.45) is 0 Å². The maximum Gasteiger partial charge on any atom is 0.270 e. The Bertz CT molecular complexity index is 1120. The predicted octanol–water partition coefficient (Wildman–Crippen LogP) is 1.13. The summed E-state index contributed by atoms with van der Waals surface area (Å²) in [6.45, 7) is 0. The molecule has 1 heterocycles. The number of nitro benzene ring substituents is 1. The molecule has 3 aromatic rings. The third kappa shape index (κ3) is 5.27. The van der Waals surface area contributed by atoms with Crippen LogP contribution in [-0.2, 0) is 4.79 Å². The van der Waals surface area contributed by atoms with Crippen LogP contribution in [0.3, 0.4) is 0 Å². The number of carbonyl (C=O) groups excluding carboxylic acids is 2. The molecule has 1 aromatic heterocycles. The second-order valence-corrected chi connectivity index (χ2v) is 6.95. The first-order valence-corrected chi connectivity index (χ1v) is 9.69. The number of nitro groups is 1. The lowest BCUT2D eigenvalue weighted by atomic mass is 10.2. The SMILES string of the molecule is COc1ccc(-c2nnc(SCC(=O)NNC(=O)c3cccc([N+](=O)[O-])c3)n2N)cc1. The van der Waals surface area contributed by atoms with Gasteiger partial charge in [-0.2, -0.15) is 0 Å². The highest BCUT2D eigenvalue weighted by Crippen LogP contribution is 2.23. The summed E-state index contributed by atoms with van der Waals surface area (Å²) in [4.78, 5) is 34.2. The fraction of sp³-hybridized carbons (Fsp3) is 0.111. The van der Waals surface area contributed by atoms with Crippen LogP contribution in [0.2, 0.25) is 0 Å². The van der Waals surface area contributed by atoms with Crippen LogP contribution >= 0.6 is 11.8 Å². The molecule has 0 bridgehead atoms. The molecule has 4 N–H and O–H groups in total. The number of amides is 2. The number of thioether (sulfide) groups is 1. The molecule has 2 aromatic carbocycles. The first-order chi connectivity index (χ1) is 14.9. The average Bonchev–Trinajstić information content (AvgIpc) is 3.16. The smallest absolute Gasteiger partial charge is 0.270 e. The van der Waals surface area contributed by atoms with Crippen LogP contribution in [0.1, 0.15) is 10.4 Å². The Labute approximate surface area is 179 Å². The number of methoxy groups -OCH3 is 1. The van der Waals surface area contributed by atoms with E-state index in [4.69, 9.17) is 10.6 Å². The number of benzene rings is 2. The third-order valence-corrected chi connectivity index (χ3v) is 4.92. The van der Waals surface area contributed by atoms with E-state index in [1.165, 1.54) is 22.9 Å². The molecule has 0 radical (unpaired) electrons. The van der Waals surface area contributed by atoms with Crippen molar-refractivity contribution >= 4 is 29.3 Å². The minimum atomic E-state index is -0.689. The van der Waals surface area contributed by atoms with E-state index in [-0.39, 0.29) is 17.0 Å². The Kier molecular flexibility index (Phi) is 6.67. The average molecular weight is 443 g/mol. The van der Waals surface area contributed by atoms with Crippen molar-refractivity contribution in [3.63, 3.8) is 0 Å². The molecule has 12 nitrogen and oxygen atoms in total. The maximum atomic E-state index is 12.0. The molecule has 0 saturated carbocycles. The van der Waals surface area contributed by atoms with Gasteiger partial charge in [-0.3, -0.25) is 30.6 Å². The molecule has 0 aliphatic rings. The Morgan fingerprint density at radius 2 is 1.94 bits per heavy atom. The number of nitrogens with two attached hydrogens (primary N) is 1. The fourth-order valence-corrected chi connectivity index (χ4v) is 3.09. The Morgan fingerprint density at radius 1 is 1.19 bits per heavy atom. The third-order valence-electron chi connectivity index (χ3n) is 3.98. The molecule has 0 atom stereocenters. The molecular formula is C18H17N7O5S. The number of ether oxygens (including phenoxy) is 1. The van der Waals surface area contributed by atoms with E-state index in [9.17, 15) is 19.7 Å². The van der Waals surface area contributed by atoms with Crippen LogP contribution < -0.4 is 21.4 Å². The van der Waals surface area contributed by atoms with E-state index in [2.05, 4.69) is 21.0 Å². The monoisotopic (exact) mass is 443 g/mol. The van der Waals surface area contributed by atoms with Crippen molar-refractivity contribution in [2.45, 2.75) is 5.16 Å². The molecule has 31 heavy (non-hydrogen) atoms. The van der Waals surface area contributed by atoms with Gasteiger partial charge < -0.3 is 10.6 Å². The number of aromatic nitrogens is 3. The minimum absolute atomic E-state index is 0.0352. The number of nitrogens with one attached hydrogen (secondary N) is 2. The molecular weight excluding hydrogens is 426 g/mol. The normalized spacial score (nSPS) is 10.4. The molecule has 2 amide bonds. The number of hydrogen-bond donors (Lipinski definition) is 3. The summed E-state index contributed by atoms with van der Waals surface area (Å²) in [6.07, 6.45) is 0. The molecule has 0 aliphatic carbocycles. The van der Waals surface area contributed by atoms with Crippen molar-refractivity contribution < 1.29 is 19.2 Å². The van der Waals surface area contributed by atoms with Gasteiger partial charge in [0.05, 0.1) is 17.8 Å². The van der Waals surface area contributed by atoms with Crippen molar-refractivity contribution in [2.75, 3.05) is 18.7 Å². The number of rotatable bonds is 7. The van der Waals surface area contributed by atoms with E-state index in [1.807, 2.05) is 0 Å². The zero-order chi connectivity index (χ0) is 22.4. The summed E-state index contributed by atoms with van der Waals surface area (Å²) in [5, 5.41) is 19.1. The summed E-state index contributed by atoms with van der Waals surface area (Å²) in [5.41, 5.74) is 4.95. The fourth-order valence-electron chi connectivity index (χ4n) is 2.44. The number of hydrazine groups is 1. The number of nitrogens with zero attached hydrogens (tertiary/aromatic N) is 4. The molecule has 13 heteroatoms. The summed E-state index contributed by atoms with van der Waals surface area (Å²) in [7, 11) is 1.56. The van der Waals surface area contributed by atoms with Crippen molar-refractivity contribution in [3.8, 4) is 17.1 Å². The number of non-ortho nitro benzene ring substituents is 1. The molecule has 3 rings (SSSR count). The minimum Gasteiger partial charge on any atom is -0.497 e.